The molecule has 2 N–H and O–H groups in total. The van der Waals surface area contributed by atoms with Gasteiger partial charge in [0.1, 0.15) is 0 Å². The van der Waals surface area contributed by atoms with Crippen LogP contribution in [0.4, 0.5) is 5.69 Å². The molecule has 0 bridgehead atoms. The topological polar surface area (TPSA) is 83.5 Å². The average molecular weight is 438 g/mol. The lowest BCUT2D eigenvalue weighted by Crippen LogP contribution is -2.14. The Morgan fingerprint density at radius 2 is 1.90 bits per heavy atom. The lowest BCUT2D eigenvalue weighted by molar-refractivity contribution is 0.0696. The molecule has 2 rings (SSSR count). The summed E-state index contributed by atoms with van der Waals surface area (Å²) in [5, 5.41) is 9.17. The molecule has 0 saturated heterocycles. The maximum Gasteiger partial charge on any atom is 0.335 e. The molecule has 0 fully saturated rings. The third-order valence-corrected chi connectivity index (χ3v) is 4.91. The van der Waals surface area contributed by atoms with Crippen molar-refractivity contribution in [1.82, 2.24) is 0 Å². The number of hydrogen-bond acceptors (Lipinski definition) is 3. The molecular weight excluding hydrogens is 429 g/mol. The number of halogens is 2. The van der Waals surface area contributed by atoms with Crippen LogP contribution in [-0.2, 0) is 10.0 Å². The first-order valence-corrected chi connectivity index (χ1v) is 8.55. The van der Waals surface area contributed by atoms with Gasteiger partial charge in [0.15, 0.2) is 0 Å². The summed E-state index contributed by atoms with van der Waals surface area (Å²) in [5.41, 5.74) is 0.129. The van der Waals surface area contributed by atoms with Crippen molar-refractivity contribution < 1.29 is 18.3 Å². The number of benzene rings is 2. The van der Waals surface area contributed by atoms with Crippen LogP contribution in [0.25, 0.3) is 0 Å². The Bertz CT molecular complexity index is 808. The van der Waals surface area contributed by atoms with Gasteiger partial charge in [-0.25, -0.2) is 13.2 Å². The predicted octanol–water partition coefficient (Wildman–Crippen LogP) is 3.44. The summed E-state index contributed by atoms with van der Waals surface area (Å²) in [6.45, 7) is 0. The van der Waals surface area contributed by atoms with Crippen molar-refractivity contribution in [3.05, 3.63) is 56.6 Å². The van der Waals surface area contributed by atoms with Crippen LogP contribution >= 0.6 is 34.2 Å². The Kier molecular flexibility index (Phi) is 4.74. The summed E-state index contributed by atoms with van der Waals surface area (Å²) in [7, 11) is -3.90. The van der Waals surface area contributed by atoms with Crippen LogP contribution in [0.5, 0.6) is 0 Å². The first-order chi connectivity index (χ1) is 9.79. The van der Waals surface area contributed by atoms with Crippen molar-refractivity contribution in [3.8, 4) is 0 Å². The van der Waals surface area contributed by atoms with E-state index in [-0.39, 0.29) is 21.2 Å². The number of carboxylic acid groups (broad SMARTS) is 1. The van der Waals surface area contributed by atoms with E-state index in [1.807, 2.05) is 0 Å². The van der Waals surface area contributed by atoms with Crippen LogP contribution in [0, 0.1) is 3.57 Å². The van der Waals surface area contributed by atoms with Gasteiger partial charge in [-0.1, -0.05) is 17.7 Å². The van der Waals surface area contributed by atoms with Gasteiger partial charge in [-0.15, -0.1) is 0 Å². The monoisotopic (exact) mass is 437 g/mol. The van der Waals surface area contributed by atoms with Crippen LogP contribution in [0.1, 0.15) is 10.4 Å². The molecule has 0 aliphatic rings. The number of rotatable bonds is 4. The molecule has 0 atom stereocenters. The first-order valence-electron chi connectivity index (χ1n) is 5.61. The van der Waals surface area contributed by atoms with Crippen molar-refractivity contribution in [2.24, 2.45) is 0 Å². The fraction of sp³-hybridized carbons (Fsp3) is 0. The predicted molar refractivity (Wildman–Crippen MR) is 88.4 cm³/mol. The minimum atomic E-state index is -3.90. The van der Waals surface area contributed by atoms with Gasteiger partial charge < -0.3 is 5.11 Å². The largest absolute Gasteiger partial charge is 0.478 e. The number of anilines is 1. The van der Waals surface area contributed by atoms with E-state index in [2.05, 4.69) is 27.3 Å². The number of carbonyl (C=O) groups is 1. The highest BCUT2D eigenvalue weighted by Gasteiger charge is 2.17. The van der Waals surface area contributed by atoms with E-state index in [1.54, 1.807) is 18.2 Å². The molecule has 110 valence electrons. The minimum absolute atomic E-state index is 0.105. The quantitative estimate of drug-likeness (QED) is 0.718. The summed E-state index contributed by atoms with van der Waals surface area (Å²) in [4.78, 5) is 10.8. The molecule has 0 radical (unpaired) electrons. The molecule has 5 nitrogen and oxygen atoms in total. The Balaban J connectivity index is 2.38. The van der Waals surface area contributed by atoms with Crippen LogP contribution in [-0.4, -0.2) is 19.5 Å². The van der Waals surface area contributed by atoms with E-state index >= 15 is 0 Å². The second-order valence-electron chi connectivity index (χ2n) is 4.06. The van der Waals surface area contributed by atoms with Gasteiger partial charge >= 0.3 is 5.97 Å². The van der Waals surface area contributed by atoms with Crippen LogP contribution in [0.3, 0.4) is 0 Å². The number of aromatic carboxylic acids is 1. The molecule has 2 aromatic rings. The fourth-order valence-electron chi connectivity index (χ4n) is 1.57. The van der Waals surface area contributed by atoms with Gasteiger partial charge in [-0.05, 0) is 59.0 Å². The van der Waals surface area contributed by atoms with Gasteiger partial charge in [0, 0.05) is 3.57 Å². The summed E-state index contributed by atoms with van der Waals surface area (Å²) >= 11 is 8.03. The Hall–Kier alpha value is -1.32. The van der Waals surface area contributed by atoms with Gasteiger partial charge in [0.25, 0.3) is 10.0 Å². The van der Waals surface area contributed by atoms with Crippen LogP contribution in [0.15, 0.2) is 47.4 Å². The first kappa shape index (κ1) is 16.1. The highest BCUT2D eigenvalue weighted by Crippen LogP contribution is 2.26. The van der Waals surface area contributed by atoms with E-state index in [4.69, 9.17) is 16.7 Å². The van der Waals surface area contributed by atoms with E-state index < -0.39 is 16.0 Å². The third-order valence-electron chi connectivity index (χ3n) is 2.57. The molecule has 0 unspecified atom stereocenters. The second kappa shape index (κ2) is 6.20. The molecular formula is C13H9ClINO4S. The lowest BCUT2D eigenvalue weighted by Gasteiger charge is -2.10. The minimum Gasteiger partial charge on any atom is -0.478 e. The summed E-state index contributed by atoms with van der Waals surface area (Å²) < 4.78 is 27.7. The maximum atomic E-state index is 12.2. The normalized spacial score (nSPS) is 11.1. The zero-order valence-electron chi connectivity index (χ0n) is 10.4. The molecule has 0 amide bonds. The molecule has 2 aromatic carbocycles. The van der Waals surface area contributed by atoms with Crippen LogP contribution < -0.4 is 4.72 Å². The molecule has 0 aliphatic carbocycles. The fourth-order valence-corrected chi connectivity index (χ4v) is 3.66. The van der Waals surface area contributed by atoms with Crippen molar-refractivity contribution in [3.63, 3.8) is 0 Å². The molecule has 0 heterocycles. The van der Waals surface area contributed by atoms with Gasteiger partial charge in [-0.2, -0.15) is 0 Å². The third kappa shape index (κ3) is 3.86. The zero-order chi connectivity index (χ0) is 15.6. The van der Waals surface area contributed by atoms with Gasteiger partial charge in [0.05, 0.1) is 21.2 Å². The van der Waals surface area contributed by atoms with Crippen LogP contribution in [0.2, 0.25) is 5.02 Å². The number of nitrogens with one attached hydrogen (secondary N) is 1. The van der Waals surface area contributed by atoms with E-state index in [0.717, 1.165) is 9.64 Å². The van der Waals surface area contributed by atoms with Crippen molar-refractivity contribution in [2.45, 2.75) is 4.90 Å². The van der Waals surface area contributed by atoms with Gasteiger partial charge in [-0.3, -0.25) is 4.72 Å². The van der Waals surface area contributed by atoms with Crippen molar-refractivity contribution in [1.29, 1.82) is 0 Å². The summed E-state index contributed by atoms with van der Waals surface area (Å²) in [5.74, 6) is -1.20. The Morgan fingerprint density at radius 3 is 2.52 bits per heavy atom. The van der Waals surface area contributed by atoms with Crippen molar-refractivity contribution in [2.75, 3.05) is 4.72 Å². The van der Waals surface area contributed by atoms with E-state index in [1.165, 1.54) is 18.2 Å². The number of sulfonamides is 1. The standard InChI is InChI=1S/C13H9ClINO4S/c14-11-7-9(15)4-5-12(11)16-21(19,20)10-3-1-2-8(6-10)13(17)18/h1-7,16H,(H,17,18). The smallest absolute Gasteiger partial charge is 0.335 e. The molecule has 21 heavy (non-hydrogen) atoms. The molecule has 8 heteroatoms. The lowest BCUT2D eigenvalue weighted by atomic mass is 10.2. The molecule has 0 spiro atoms. The Morgan fingerprint density at radius 1 is 1.19 bits per heavy atom. The summed E-state index contributed by atoms with van der Waals surface area (Å²) in [6.07, 6.45) is 0. The number of hydrogen-bond donors (Lipinski definition) is 2. The molecule has 0 aliphatic heterocycles. The Labute approximate surface area is 140 Å². The summed E-state index contributed by atoms with van der Waals surface area (Å²) in [6, 6.07) is 9.96. The maximum absolute atomic E-state index is 12.2. The highest BCUT2D eigenvalue weighted by molar-refractivity contribution is 14.1. The zero-order valence-corrected chi connectivity index (χ0v) is 14.1. The van der Waals surface area contributed by atoms with E-state index in [0.29, 0.717) is 0 Å². The second-order valence-corrected chi connectivity index (χ2v) is 7.40. The van der Waals surface area contributed by atoms with Crippen molar-refractivity contribution >= 4 is 55.9 Å². The average Bonchev–Trinajstić information content (AvgIpc) is 2.42. The highest BCUT2D eigenvalue weighted by atomic mass is 127. The van der Waals surface area contributed by atoms with Gasteiger partial charge in [0.2, 0.25) is 0 Å². The van der Waals surface area contributed by atoms with E-state index in [9.17, 15) is 13.2 Å². The molecule has 0 saturated carbocycles. The SMILES string of the molecule is O=C(O)c1cccc(S(=O)(=O)Nc2ccc(I)cc2Cl)c1. The number of carboxylic acids is 1. The molecule has 0 aromatic heterocycles.